The summed E-state index contributed by atoms with van der Waals surface area (Å²) in [7, 11) is 3.15. The van der Waals surface area contributed by atoms with Gasteiger partial charge in [-0.05, 0) is 60.0 Å². The molecule has 5 rings (SSSR count). The third kappa shape index (κ3) is 4.61. The smallest absolute Gasteiger partial charge is 0.290 e. The molecule has 1 aliphatic rings. The fourth-order valence-corrected chi connectivity index (χ4v) is 4.91. The van der Waals surface area contributed by atoms with Crippen LogP contribution in [0.15, 0.2) is 82.5 Å². The van der Waals surface area contributed by atoms with Crippen molar-refractivity contribution in [3.63, 3.8) is 0 Å². The van der Waals surface area contributed by atoms with Crippen molar-refractivity contribution in [2.45, 2.75) is 12.5 Å². The number of carbonyl (C=O) groups excluding carboxylic acids is 1. The molecule has 0 spiro atoms. The minimum atomic E-state index is -0.683. The first-order chi connectivity index (χ1) is 18.4. The lowest BCUT2D eigenvalue weighted by atomic mass is 9.97. The highest BCUT2D eigenvalue weighted by Crippen LogP contribution is 2.41. The van der Waals surface area contributed by atoms with Crippen molar-refractivity contribution in [3.8, 4) is 17.2 Å². The van der Waals surface area contributed by atoms with Crippen molar-refractivity contribution < 1.29 is 23.4 Å². The summed E-state index contributed by atoms with van der Waals surface area (Å²) in [6, 6.07) is 17.2. The number of halogens is 1. The highest BCUT2D eigenvalue weighted by atomic mass is 35.5. The number of benzene rings is 3. The number of fused-ring (bicyclic) bond motifs is 2. The quantitative estimate of drug-likeness (QED) is 0.253. The number of amides is 1. The molecule has 1 amide bonds. The van der Waals surface area contributed by atoms with E-state index in [1.165, 1.54) is 0 Å². The summed E-state index contributed by atoms with van der Waals surface area (Å²) >= 11 is 6.19. The molecule has 1 atom stereocenters. The van der Waals surface area contributed by atoms with Gasteiger partial charge in [0.2, 0.25) is 5.76 Å². The summed E-state index contributed by atoms with van der Waals surface area (Å²) in [6.07, 6.45) is 2.21. The third-order valence-corrected chi connectivity index (χ3v) is 6.82. The van der Waals surface area contributed by atoms with Gasteiger partial charge in [-0.3, -0.25) is 9.59 Å². The monoisotopic (exact) mass is 531 g/mol. The number of hydrogen-bond donors (Lipinski definition) is 0. The first kappa shape index (κ1) is 25.4. The number of rotatable bonds is 9. The van der Waals surface area contributed by atoms with Gasteiger partial charge in [0, 0.05) is 11.6 Å². The molecule has 0 saturated carbocycles. The van der Waals surface area contributed by atoms with E-state index in [9.17, 15) is 9.59 Å². The van der Waals surface area contributed by atoms with Crippen molar-refractivity contribution >= 4 is 28.5 Å². The van der Waals surface area contributed by atoms with Crippen LogP contribution in [0, 0.1) is 0 Å². The fourth-order valence-electron chi connectivity index (χ4n) is 4.73. The van der Waals surface area contributed by atoms with Crippen LogP contribution in [-0.4, -0.2) is 38.2 Å². The molecule has 1 aliphatic heterocycles. The molecule has 3 aromatic carbocycles. The van der Waals surface area contributed by atoms with Gasteiger partial charge in [-0.25, -0.2) is 0 Å². The molecule has 0 radical (unpaired) electrons. The van der Waals surface area contributed by atoms with Gasteiger partial charge in [-0.15, -0.1) is 0 Å². The molecule has 7 nitrogen and oxygen atoms in total. The van der Waals surface area contributed by atoms with Crippen molar-refractivity contribution in [1.29, 1.82) is 0 Å². The SMILES string of the molecule is C=CCOc1ccc(C2c3c(oc4ccc(Cl)cc4c3=O)C(=O)N2CCc2ccc(OC)cc2)cc1OC. The number of nitrogens with zero attached hydrogens (tertiary/aromatic N) is 1. The zero-order valence-corrected chi connectivity index (χ0v) is 21.8. The van der Waals surface area contributed by atoms with Gasteiger partial charge < -0.3 is 23.5 Å². The summed E-state index contributed by atoms with van der Waals surface area (Å²) in [5.41, 5.74) is 2.02. The van der Waals surface area contributed by atoms with E-state index in [4.69, 9.17) is 30.2 Å². The maximum absolute atomic E-state index is 13.8. The predicted molar refractivity (Wildman–Crippen MR) is 146 cm³/mol. The van der Waals surface area contributed by atoms with E-state index < -0.39 is 6.04 Å². The maximum Gasteiger partial charge on any atom is 0.290 e. The lowest BCUT2D eigenvalue weighted by Crippen LogP contribution is -2.31. The molecule has 2 heterocycles. The Balaban J connectivity index is 1.61. The molecular weight excluding hydrogens is 506 g/mol. The van der Waals surface area contributed by atoms with Gasteiger partial charge in [-0.1, -0.05) is 42.5 Å². The topological polar surface area (TPSA) is 78.2 Å². The Bertz CT molecular complexity index is 1580. The van der Waals surface area contributed by atoms with E-state index >= 15 is 0 Å². The number of hydrogen-bond acceptors (Lipinski definition) is 6. The Kier molecular flexibility index (Phi) is 7.11. The van der Waals surface area contributed by atoms with E-state index in [0.717, 1.165) is 11.3 Å². The summed E-state index contributed by atoms with van der Waals surface area (Å²) < 4.78 is 22.5. The lowest BCUT2D eigenvalue weighted by Gasteiger charge is -2.26. The summed E-state index contributed by atoms with van der Waals surface area (Å²) in [6.45, 7) is 4.34. The van der Waals surface area contributed by atoms with Gasteiger partial charge in [0.15, 0.2) is 16.9 Å². The van der Waals surface area contributed by atoms with Gasteiger partial charge in [0.1, 0.15) is 17.9 Å². The van der Waals surface area contributed by atoms with Gasteiger partial charge in [0.05, 0.1) is 31.2 Å². The van der Waals surface area contributed by atoms with E-state index in [1.807, 2.05) is 30.3 Å². The molecule has 4 aromatic rings. The first-order valence-corrected chi connectivity index (χ1v) is 12.4. The Morgan fingerprint density at radius 3 is 2.50 bits per heavy atom. The Morgan fingerprint density at radius 1 is 1.00 bits per heavy atom. The molecule has 194 valence electrons. The van der Waals surface area contributed by atoms with E-state index in [2.05, 4.69) is 6.58 Å². The molecule has 38 heavy (non-hydrogen) atoms. The normalized spacial score (nSPS) is 14.4. The van der Waals surface area contributed by atoms with Crippen molar-refractivity contribution in [1.82, 2.24) is 4.90 Å². The third-order valence-electron chi connectivity index (χ3n) is 6.59. The molecule has 0 bridgehead atoms. The fraction of sp³-hybridized carbons (Fsp3) is 0.200. The first-order valence-electron chi connectivity index (χ1n) is 12.1. The lowest BCUT2D eigenvalue weighted by molar-refractivity contribution is 0.0730. The van der Waals surface area contributed by atoms with Crippen molar-refractivity contribution in [2.75, 3.05) is 27.4 Å². The molecule has 0 N–H and O–H groups in total. The van der Waals surface area contributed by atoms with Crippen molar-refractivity contribution in [3.05, 3.63) is 111 Å². The average molecular weight is 532 g/mol. The van der Waals surface area contributed by atoms with Crippen LogP contribution < -0.4 is 19.6 Å². The molecule has 1 aromatic heterocycles. The van der Waals surface area contributed by atoms with Gasteiger partial charge in [-0.2, -0.15) is 0 Å². The van der Waals surface area contributed by atoms with E-state index in [-0.39, 0.29) is 22.7 Å². The summed E-state index contributed by atoms with van der Waals surface area (Å²) in [4.78, 5) is 29.2. The van der Waals surface area contributed by atoms with E-state index in [0.29, 0.717) is 52.6 Å². The minimum Gasteiger partial charge on any atom is -0.497 e. The number of carbonyl (C=O) groups is 1. The number of ether oxygens (including phenoxy) is 3. The van der Waals surface area contributed by atoms with Gasteiger partial charge in [0.25, 0.3) is 5.91 Å². The van der Waals surface area contributed by atoms with Crippen LogP contribution in [-0.2, 0) is 6.42 Å². The molecule has 1 unspecified atom stereocenters. The second-order valence-corrected chi connectivity index (χ2v) is 9.26. The van der Waals surface area contributed by atoms with E-state index in [1.54, 1.807) is 55.5 Å². The van der Waals surface area contributed by atoms with Crippen LogP contribution in [0.25, 0.3) is 11.0 Å². The highest BCUT2D eigenvalue weighted by Gasteiger charge is 2.42. The van der Waals surface area contributed by atoms with Crippen LogP contribution in [0.1, 0.15) is 33.3 Å². The highest BCUT2D eigenvalue weighted by molar-refractivity contribution is 6.31. The van der Waals surface area contributed by atoms with Crippen LogP contribution in [0.5, 0.6) is 17.2 Å². The molecular formula is C30H26ClNO6. The standard InChI is InChI=1S/C30H26ClNO6/c1-4-15-37-24-11-7-19(16-25(24)36-3)27-26-28(33)22-17-20(31)8-12-23(22)38-29(26)30(34)32(27)14-13-18-5-9-21(35-2)10-6-18/h4-12,16-17,27H,1,13-15H2,2-3H3. The zero-order chi connectivity index (χ0) is 26.8. The second-order valence-electron chi connectivity index (χ2n) is 8.82. The van der Waals surface area contributed by atoms with Crippen molar-refractivity contribution in [2.24, 2.45) is 0 Å². The minimum absolute atomic E-state index is 0.0375. The Morgan fingerprint density at radius 2 is 1.79 bits per heavy atom. The van der Waals surface area contributed by atoms with Crippen LogP contribution >= 0.6 is 11.6 Å². The van der Waals surface area contributed by atoms with Crippen LogP contribution in [0.4, 0.5) is 0 Å². The predicted octanol–water partition coefficient (Wildman–Crippen LogP) is 5.82. The zero-order valence-electron chi connectivity index (χ0n) is 21.0. The Hall–Kier alpha value is -4.23. The second kappa shape index (κ2) is 10.6. The molecule has 0 saturated heterocycles. The molecule has 0 aliphatic carbocycles. The largest absolute Gasteiger partial charge is 0.497 e. The van der Waals surface area contributed by atoms with Crippen LogP contribution in [0.3, 0.4) is 0 Å². The maximum atomic E-state index is 13.8. The summed E-state index contributed by atoms with van der Waals surface area (Å²) in [5, 5.41) is 0.733. The Labute approximate surface area is 224 Å². The summed E-state index contributed by atoms with van der Waals surface area (Å²) in [5.74, 6) is 1.45. The molecule has 8 heteroatoms. The number of methoxy groups -OCH3 is 2. The molecule has 0 fully saturated rings. The van der Waals surface area contributed by atoms with Gasteiger partial charge >= 0.3 is 0 Å². The van der Waals surface area contributed by atoms with Crippen LogP contribution in [0.2, 0.25) is 5.02 Å². The average Bonchev–Trinajstić information content (AvgIpc) is 3.22.